The Morgan fingerprint density at radius 3 is 2.88 bits per heavy atom. The molecule has 94 valence electrons. The summed E-state index contributed by atoms with van der Waals surface area (Å²) in [6.45, 7) is 4.03. The first-order chi connectivity index (χ1) is 8.06. The van der Waals surface area contributed by atoms with Crippen LogP contribution in [0.1, 0.15) is 18.9 Å². The van der Waals surface area contributed by atoms with Crippen LogP contribution in [0.3, 0.4) is 0 Å². The molecule has 0 saturated carbocycles. The van der Waals surface area contributed by atoms with Gasteiger partial charge in [-0.05, 0) is 43.0 Å². The number of urea groups is 1. The maximum atomic E-state index is 11.8. The zero-order chi connectivity index (χ0) is 12.8. The van der Waals surface area contributed by atoms with Crippen molar-refractivity contribution in [3.63, 3.8) is 0 Å². The second kappa shape index (κ2) is 6.77. The molecule has 0 heterocycles. The van der Waals surface area contributed by atoms with Gasteiger partial charge < -0.3 is 0 Å². The van der Waals surface area contributed by atoms with Crippen LogP contribution in [0.25, 0.3) is 0 Å². The highest BCUT2D eigenvalue weighted by Gasteiger charge is 2.12. The Bertz CT molecular complexity index is 398. The largest absolute Gasteiger partial charge is 0.331 e. The summed E-state index contributed by atoms with van der Waals surface area (Å²) in [4.78, 5) is 13.4. The lowest BCUT2D eigenvalue weighted by Crippen LogP contribution is -2.34. The SMILES string of the molecule is CCCSNC(=O)N(C)c1cc(Cl)ccc1C. The average Bonchev–Trinajstić information content (AvgIpc) is 2.31. The molecule has 0 aliphatic rings. The van der Waals surface area contributed by atoms with Gasteiger partial charge in [0.2, 0.25) is 0 Å². The predicted octanol–water partition coefficient (Wildman–Crippen LogP) is 3.85. The molecule has 0 aromatic heterocycles. The molecule has 3 nitrogen and oxygen atoms in total. The number of anilines is 1. The number of benzene rings is 1. The third-order valence-electron chi connectivity index (χ3n) is 2.30. The molecular formula is C12H17ClN2OS. The minimum Gasteiger partial charge on any atom is -0.297 e. The van der Waals surface area contributed by atoms with Crippen molar-refractivity contribution in [2.45, 2.75) is 20.3 Å². The standard InChI is InChI=1S/C12H17ClN2OS/c1-4-7-17-14-12(16)15(3)11-8-10(13)6-5-9(11)2/h5-6,8H,4,7H2,1-3H3,(H,14,16). The Kier molecular flexibility index (Phi) is 5.65. The Morgan fingerprint density at radius 2 is 2.24 bits per heavy atom. The van der Waals surface area contributed by atoms with Crippen LogP contribution in [0, 0.1) is 6.92 Å². The van der Waals surface area contributed by atoms with Gasteiger partial charge >= 0.3 is 6.03 Å². The number of halogens is 1. The average molecular weight is 273 g/mol. The molecule has 1 rings (SSSR count). The second-order valence-electron chi connectivity index (χ2n) is 3.75. The maximum absolute atomic E-state index is 11.8. The number of hydrogen-bond acceptors (Lipinski definition) is 2. The van der Waals surface area contributed by atoms with E-state index in [2.05, 4.69) is 11.6 Å². The molecule has 1 aromatic carbocycles. The zero-order valence-corrected chi connectivity index (χ0v) is 11.9. The number of nitrogens with zero attached hydrogens (tertiary/aromatic N) is 1. The highest BCUT2D eigenvalue weighted by Crippen LogP contribution is 2.23. The smallest absolute Gasteiger partial charge is 0.297 e. The highest BCUT2D eigenvalue weighted by atomic mass is 35.5. The number of amides is 2. The molecule has 0 fully saturated rings. The van der Waals surface area contributed by atoms with Crippen LogP contribution in [-0.2, 0) is 0 Å². The molecule has 5 heteroatoms. The van der Waals surface area contributed by atoms with Gasteiger partial charge in [-0.1, -0.05) is 24.6 Å². The van der Waals surface area contributed by atoms with E-state index in [1.807, 2.05) is 19.1 Å². The van der Waals surface area contributed by atoms with Crippen molar-refractivity contribution in [1.29, 1.82) is 0 Å². The van der Waals surface area contributed by atoms with Gasteiger partial charge in [0.15, 0.2) is 0 Å². The molecule has 0 bridgehead atoms. The minimum absolute atomic E-state index is 0.131. The van der Waals surface area contributed by atoms with Crippen LogP contribution >= 0.6 is 23.5 Å². The molecule has 0 spiro atoms. The first-order valence-corrected chi connectivity index (χ1v) is 6.84. The summed E-state index contributed by atoms with van der Waals surface area (Å²) in [6.07, 6.45) is 1.03. The van der Waals surface area contributed by atoms with Gasteiger partial charge in [-0.2, -0.15) is 0 Å². The fourth-order valence-corrected chi connectivity index (χ4v) is 2.07. The summed E-state index contributed by atoms with van der Waals surface area (Å²) in [5, 5.41) is 0.631. The molecule has 0 unspecified atom stereocenters. The van der Waals surface area contributed by atoms with Gasteiger partial charge in [-0.25, -0.2) is 4.79 Å². The van der Waals surface area contributed by atoms with E-state index in [-0.39, 0.29) is 6.03 Å². The number of nitrogens with one attached hydrogen (secondary N) is 1. The van der Waals surface area contributed by atoms with Gasteiger partial charge in [0.1, 0.15) is 0 Å². The van der Waals surface area contributed by atoms with E-state index >= 15 is 0 Å². The molecular weight excluding hydrogens is 256 g/mol. The van der Waals surface area contributed by atoms with Crippen molar-refractivity contribution in [3.05, 3.63) is 28.8 Å². The Morgan fingerprint density at radius 1 is 1.53 bits per heavy atom. The third-order valence-corrected chi connectivity index (χ3v) is 3.47. The van der Waals surface area contributed by atoms with Crippen LogP contribution < -0.4 is 9.62 Å². The molecule has 2 amide bonds. The number of aryl methyl sites for hydroxylation is 1. The first kappa shape index (κ1) is 14.2. The fraction of sp³-hybridized carbons (Fsp3) is 0.417. The molecule has 0 saturated heterocycles. The Hall–Kier alpha value is -0.870. The molecule has 1 N–H and O–H groups in total. The zero-order valence-electron chi connectivity index (χ0n) is 10.3. The van der Waals surface area contributed by atoms with E-state index in [0.29, 0.717) is 5.02 Å². The monoisotopic (exact) mass is 272 g/mol. The van der Waals surface area contributed by atoms with E-state index in [1.165, 1.54) is 11.9 Å². The van der Waals surface area contributed by atoms with Gasteiger partial charge in [0.25, 0.3) is 0 Å². The van der Waals surface area contributed by atoms with Gasteiger partial charge in [0.05, 0.1) is 0 Å². The normalized spacial score (nSPS) is 10.1. The summed E-state index contributed by atoms with van der Waals surface area (Å²) in [5.74, 6) is 0.911. The second-order valence-corrected chi connectivity index (χ2v) is 5.08. The Labute approximate surface area is 112 Å². The van der Waals surface area contributed by atoms with Crippen LogP contribution in [-0.4, -0.2) is 18.8 Å². The van der Waals surface area contributed by atoms with E-state index in [0.717, 1.165) is 23.4 Å². The van der Waals surface area contributed by atoms with Crippen LogP contribution in [0.4, 0.5) is 10.5 Å². The van der Waals surface area contributed by atoms with Gasteiger partial charge in [-0.15, -0.1) is 0 Å². The lowest BCUT2D eigenvalue weighted by atomic mass is 10.2. The van der Waals surface area contributed by atoms with Crippen molar-refractivity contribution in [1.82, 2.24) is 4.72 Å². The van der Waals surface area contributed by atoms with Crippen molar-refractivity contribution < 1.29 is 4.79 Å². The Balaban J connectivity index is 2.71. The molecule has 1 aromatic rings. The van der Waals surface area contributed by atoms with E-state index in [1.54, 1.807) is 18.0 Å². The third kappa shape index (κ3) is 4.13. The molecule has 0 radical (unpaired) electrons. The lowest BCUT2D eigenvalue weighted by molar-refractivity contribution is 0.253. The maximum Gasteiger partial charge on any atom is 0.331 e. The van der Waals surface area contributed by atoms with E-state index in [9.17, 15) is 4.79 Å². The lowest BCUT2D eigenvalue weighted by Gasteiger charge is -2.19. The molecule has 0 aliphatic heterocycles. The molecule has 17 heavy (non-hydrogen) atoms. The van der Waals surface area contributed by atoms with Crippen LogP contribution in [0.15, 0.2) is 18.2 Å². The summed E-state index contributed by atoms with van der Waals surface area (Å²) >= 11 is 7.35. The van der Waals surface area contributed by atoms with Gasteiger partial charge in [0, 0.05) is 23.5 Å². The predicted molar refractivity (Wildman–Crippen MR) is 75.9 cm³/mol. The van der Waals surface area contributed by atoms with Crippen LogP contribution in [0.2, 0.25) is 5.02 Å². The summed E-state index contributed by atoms with van der Waals surface area (Å²) < 4.78 is 2.79. The highest BCUT2D eigenvalue weighted by molar-refractivity contribution is 7.97. The van der Waals surface area contributed by atoms with Crippen LogP contribution in [0.5, 0.6) is 0 Å². The molecule has 0 aliphatic carbocycles. The van der Waals surface area contributed by atoms with Gasteiger partial charge in [-0.3, -0.25) is 9.62 Å². The summed E-state index contributed by atoms with van der Waals surface area (Å²) in [7, 11) is 1.74. The van der Waals surface area contributed by atoms with Crippen molar-refractivity contribution in [2.24, 2.45) is 0 Å². The first-order valence-electron chi connectivity index (χ1n) is 5.48. The topological polar surface area (TPSA) is 32.3 Å². The quantitative estimate of drug-likeness (QED) is 0.667. The number of hydrogen-bond donors (Lipinski definition) is 1. The summed E-state index contributed by atoms with van der Waals surface area (Å²) in [5.41, 5.74) is 1.85. The van der Waals surface area contributed by atoms with Crippen molar-refractivity contribution in [3.8, 4) is 0 Å². The number of carbonyl (C=O) groups is 1. The molecule has 0 atom stereocenters. The number of rotatable bonds is 4. The van der Waals surface area contributed by atoms with Crippen molar-refractivity contribution in [2.75, 3.05) is 17.7 Å². The van der Waals surface area contributed by atoms with E-state index in [4.69, 9.17) is 11.6 Å². The number of carbonyl (C=O) groups excluding carboxylic acids is 1. The fourth-order valence-electron chi connectivity index (χ4n) is 1.34. The summed E-state index contributed by atoms with van der Waals surface area (Å²) in [6, 6.07) is 5.38. The minimum atomic E-state index is -0.131. The van der Waals surface area contributed by atoms with Crippen molar-refractivity contribution >= 4 is 35.3 Å². The van der Waals surface area contributed by atoms with E-state index < -0.39 is 0 Å².